The molecular formula is C14H11Br2FN2O2. The van der Waals surface area contributed by atoms with Crippen molar-refractivity contribution in [3.8, 4) is 0 Å². The molecule has 21 heavy (non-hydrogen) atoms. The van der Waals surface area contributed by atoms with Crippen molar-refractivity contribution in [2.24, 2.45) is 0 Å². The van der Waals surface area contributed by atoms with E-state index in [0.717, 1.165) is 10.0 Å². The maximum absolute atomic E-state index is 13.6. The zero-order valence-electron chi connectivity index (χ0n) is 10.8. The molecule has 0 spiro atoms. The van der Waals surface area contributed by atoms with E-state index < -0.39 is 4.92 Å². The van der Waals surface area contributed by atoms with Crippen LogP contribution in [0.1, 0.15) is 11.1 Å². The number of hydrogen-bond donors (Lipinski definition) is 1. The van der Waals surface area contributed by atoms with E-state index >= 15 is 0 Å². The molecule has 4 nitrogen and oxygen atoms in total. The maximum Gasteiger partial charge on any atom is 0.283 e. The second-order valence-electron chi connectivity index (χ2n) is 4.35. The third kappa shape index (κ3) is 4.09. The fourth-order valence-corrected chi connectivity index (χ4v) is 2.81. The van der Waals surface area contributed by atoms with Crippen LogP contribution in [-0.2, 0) is 13.1 Å². The molecule has 0 radical (unpaired) electrons. The van der Waals surface area contributed by atoms with Crippen LogP contribution in [0.5, 0.6) is 0 Å². The topological polar surface area (TPSA) is 55.2 Å². The Morgan fingerprint density at radius 1 is 1.14 bits per heavy atom. The normalized spacial score (nSPS) is 10.6. The van der Waals surface area contributed by atoms with Crippen molar-refractivity contribution in [2.45, 2.75) is 13.1 Å². The lowest BCUT2D eigenvalue weighted by Crippen LogP contribution is -2.14. The van der Waals surface area contributed by atoms with Gasteiger partial charge in [0.1, 0.15) is 5.82 Å². The largest absolute Gasteiger partial charge is 0.308 e. The number of benzene rings is 2. The van der Waals surface area contributed by atoms with Gasteiger partial charge in [0.05, 0.1) is 9.40 Å². The highest BCUT2D eigenvalue weighted by Crippen LogP contribution is 2.28. The van der Waals surface area contributed by atoms with Crippen LogP contribution >= 0.6 is 31.9 Å². The Kier molecular flexibility index (Phi) is 5.44. The Labute approximate surface area is 137 Å². The quantitative estimate of drug-likeness (QED) is 0.573. The van der Waals surface area contributed by atoms with Crippen molar-refractivity contribution in [1.82, 2.24) is 5.32 Å². The Hall–Kier alpha value is -1.31. The summed E-state index contributed by atoms with van der Waals surface area (Å²) < 4.78 is 14.8. The Bertz CT molecular complexity index is 680. The van der Waals surface area contributed by atoms with Crippen LogP contribution in [0, 0.1) is 15.9 Å². The molecule has 2 aromatic rings. The predicted molar refractivity (Wildman–Crippen MR) is 85.4 cm³/mol. The maximum atomic E-state index is 13.6. The molecule has 0 bridgehead atoms. The number of nitro groups is 1. The fraction of sp³-hybridized carbons (Fsp3) is 0.143. The lowest BCUT2D eigenvalue weighted by molar-refractivity contribution is -0.385. The predicted octanol–water partition coefficient (Wildman–Crippen LogP) is 4.55. The third-order valence-corrected chi connectivity index (χ3v) is 4.30. The first-order valence-corrected chi connectivity index (χ1v) is 7.64. The number of nitrogens with zero attached hydrogens (tertiary/aromatic N) is 1. The van der Waals surface area contributed by atoms with E-state index in [1.807, 2.05) is 0 Å². The summed E-state index contributed by atoms with van der Waals surface area (Å²) in [5, 5.41) is 13.9. The van der Waals surface area contributed by atoms with E-state index in [1.165, 1.54) is 12.1 Å². The van der Waals surface area contributed by atoms with E-state index in [4.69, 9.17) is 0 Å². The number of hydrogen-bond acceptors (Lipinski definition) is 3. The molecule has 0 atom stereocenters. The van der Waals surface area contributed by atoms with E-state index in [9.17, 15) is 14.5 Å². The molecule has 0 heterocycles. The highest BCUT2D eigenvalue weighted by atomic mass is 79.9. The first-order valence-electron chi connectivity index (χ1n) is 6.05. The fourth-order valence-electron chi connectivity index (χ4n) is 1.85. The highest BCUT2D eigenvalue weighted by molar-refractivity contribution is 9.10. The second kappa shape index (κ2) is 7.11. The lowest BCUT2D eigenvalue weighted by Gasteiger charge is -2.08. The van der Waals surface area contributed by atoms with Gasteiger partial charge in [0.25, 0.3) is 5.69 Å². The van der Waals surface area contributed by atoms with E-state index in [2.05, 4.69) is 37.2 Å². The summed E-state index contributed by atoms with van der Waals surface area (Å²) in [5.74, 6) is -0.288. The monoisotopic (exact) mass is 416 g/mol. The molecule has 0 unspecified atom stereocenters. The van der Waals surface area contributed by atoms with Gasteiger partial charge in [-0.1, -0.05) is 28.1 Å². The van der Waals surface area contributed by atoms with Crippen molar-refractivity contribution in [1.29, 1.82) is 0 Å². The molecule has 7 heteroatoms. The van der Waals surface area contributed by atoms with Gasteiger partial charge < -0.3 is 5.32 Å². The van der Waals surface area contributed by atoms with Crippen LogP contribution in [0.4, 0.5) is 10.1 Å². The molecule has 0 fully saturated rings. The van der Waals surface area contributed by atoms with Crippen LogP contribution in [-0.4, -0.2) is 4.92 Å². The molecule has 2 aromatic carbocycles. The smallest absolute Gasteiger partial charge is 0.283 e. The zero-order chi connectivity index (χ0) is 15.4. The summed E-state index contributed by atoms with van der Waals surface area (Å²) in [4.78, 5) is 10.4. The minimum Gasteiger partial charge on any atom is -0.308 e. The second-order valence-corrected chi connectivity index (χ2v) is 6.06. The number of nitro benzene ring substituents is 1. The molecule has 0 aliphatic rings. The summed E-state index contributed by atoms with van der Waals surface area (Å²) in [6, 6.07) is 9.56. The summed E-state index contributed by atoms with van der Waals surface area (Å²) in [7, 11) is 0. The lowest BCUT2D eigenvalue weighted by atomic mass is 10.2. The SMILES string of the molecule is O=[N+]([O-])c1cccc(CNCc2cc(Br)ccc2F)c1Br. The van der Waals surface area contributed by atoms with Gasteiger partial charge in [-0.2, -0.15) is 0 Å². The molecule has 2 rings (SSSR count). The van der Waals surface area contributed by atoms with Crippen LogP contribution < -0.4 is 5.32 Å². The van der Waals surface area contributed by atoms with Gasteiger partial charge in [0.2, 0.25) is 0 Å². The van der Waals surface area contributed by atoms with Crippen LogP contribution in [0.25, 0.3) is 0 Å². The third-order valence-electron chi connectivity index (χ3n) is 2.89. The molecular weight excluding hydrogens is 407 g/mol. The summed E-state index contributed by atoms with van der Waals surface area (Å²) in [6.45, 7) is 0.731. The van der Waals surface area contributed by atoms with Gasteiger partial charge in [-0.3, -0.25) is 10.1 Å². The van der Waals surface area contributed by atoms with Gasteiger partial charge in [0, 0.05) is 29.2 Å². The standard InChI is InChI=1S/C14H11Br2FN2O2/c15-11-4-5-12(17)10(6-11)8-18-7-9-2-1-3-13(14(9)16)19(20)21/h1-6,18H,7-8H2. The highest BCUT2D eigenvalue weighted by Gasteiger charge is 2.14. The molecule has 0 aliphatic carbocycles. The van der Waals surface area contributed by atoms with Crippen LogP contribution in [0.2, 0.25) is 0 Å². The van der Waals surface area contributed by atoms with Crippen molar-refractivity contribution in [2.75, 3.05) is 0 Å². The Morgan fingerprint density at radius 2 is 1.86 bits per heavy atom. The van der Waals surface area contributed by atoms with Crippen molar-refractivity contribution in [3.63, 3.8) is 0 Å². The van der Waals surface area contributed by atoms with Crippen molar-refractivity contribution in [3.05, 3.63) is 72.4 Å². The van der Waals surface area contributed by atoms with Crippen molar-refractivity contribution >= 4 is 37.5 Å². The molecule has 0 saturated carbocycles. The molecule has 0 saturated heterocycles. The van der Waals surface area contributed by atoms with Crippen LogP contribution in [0.15, 0.2) is 45.3 Å². The number of halogens is 3. The molecule has 0 aliphatic heterocycles. The Morgan fingerprint density at radius 3 is 2.57 bits per heavy atom. The van der Waals surface area contributed by atoms with Gasteiger partial charge in [0.15, 0.2) is 0 Å². The zero-order valence-corrected chi connectivity index (χ0v) is 13.9. The first-order chi connectivity index (χ1) is 9.99. The van der Waals surface area contributed by atoms with Gasteiger partial charge >= 0.3 is 0 Å². The molecule has 0 aromatic heterocycles. The summed E-state index contributed by atoms with van der Waals surface area (Å²) >= 11 is 6.52. The molecule has 1 N–H and O–H groups in total. The summed E-state index contributed by atoms with van der Waals surface area (Å²) in [6.07, 6.45) is 0. The average Bonchev–Trinajstić information content (AvgIpc) is 2.44. The Balaban J connectivity index is 2.05. The van der Waals surface area contributed by atoms with E-state index in [-0.39, 0.29) is 11.5 Å². The van der Waals surface area contributed by atoms with Gasteiger partial charge in [-0.25, -0.2) is 4.39 Å². The van der Waals surface area contributed by atoms with Crippen molar-refractivity contribution < 1.29 is 9.31 Å². The molecule has 110 valence electrons. The van der Waals surface area contributed by atoms with Crippen LogP contribution in [0.3, 0.4) is 0 Å². The first kappa shape index (κ1) is 16.1. The minimum absolute atomic E-state index is 0.0166. The minimum atomic E-state index is -0.443. The number of nitrogens with one attached hydrogen (secondary N) is 1. The molecule has 0 amide bonds. The van der Waals surface area contributed by atoms with E-state index in [0.29, 0.717) is 23.1 Å². The van der Waals surface area contributed by atoms with E-state index in [1.54, 1.807) is 24.3 Å². The van der Waals surface area contributed by atoms with Gasteiger partial charge in [-0.05, 0) is 39.7 Å². The number of rotatable bonds is 5. The average molecular weight is 418 g/mol. The summed E-state index contributed by atoms with van der Waals surface area (Å²) in [5.41, 5.74) is 1.30. The van der Waals surface area contributed by atoms with Gasteiger partial charge in [-0.15, -0.1) is 0 Å².